The lowest BCUT2D eigenvalue weighted by molar-refractivity contribution is -0.115. The van der Waals surface area contributed by atoms with Crippen LogP contribution in [0.5, 0.6) is 0 Å². The first kappa shape index (κ1) is 18.2. The highest BCUT2D eigenvalue weighted by Crippen LogP contribution is 2.20. The van der Waals surface area contributed by atoms with Gasteiger partial charge in [0.2, 0.25) is 5.91 Å². The Morgan fingerprint density at radius 3 is 2.65 bits per heavy atom. The maximum atomic E-state index is 12.1. The van der Waals surface area contributed by atoms with Crippen molar-refractivity contribution in [3.05, 3.63) is 65.4 Å². The van der Waals surface area contributed by atoms with Gasteiger partial charge in [-0.05, 0) is 56.7 Å². The smallest absolute Gasteiger partial charge is 0.228 e. The number of hydrogen-bond acceptors (Lipinski definition) is 3. The molecule has 0 unspecified atom stereocenters. The number of aryl methyl sites for hydroxylation is 1. The molecule has 0 fully saturated rings. The van der Waals surface area contributed by atoms with Crippen LogP contribution in [0.25, 0.3) is 0 Å². The molecule has 0 atom stereocenters. The van der Waals surface area contributed by atoms with Crippen LogP contribution in [0, 0.1) is 6.92 Å². The number of nitrogens with one attached hydrogen (secondary N) is 2. The maximum Gasteiger partial charge on any atom is 0.228 e. The van der Waals surface area contributed by atoms with Crippen LogP contribution in [-0.2, 0) is 11.2 Å². The number of rotatable bonds is 7. The first-order valence-electron chi connectivity index (χ1n) is 9.42. The van der Waals surface area contributed by atoms with Gasteiger partial charge >= 0.3 is 0 Å². The first-order chi connectivity index (χ1) is 12.7. The van der Waals surface area contributed by atoms with E-state index in [2.05, 4.69) is 21.7 Å². The molecule has 2 aromatic rings. The summed E-state index contributed by atoms with van der Waals surface area (Å²) in [5.41, 5.74) is 4.49. The predicted molar refractivity (Wildman–Crippen MR) is 107 cm³/mol. The highest BCUT2D eigenvalue weighted by molar-refractivity contribution is 5.92. The van der Waals surface area contributed by atoms with E-state index < -0.39 is 0 Å². The molecular weight excluding hydrogens is 322 g/mol. The highest BCUT2D eigenvalue weighted by atomic mass is 16.1. The van der Waals surface area contributed by atoms with Gasteiger partial charge in [0, 0.05) is 6.54 Å². The topological polar surface area (TPSA) is 54.0 Å². The quantitative estimate of drug-likeness (QED) is 0.701. The van der Waals surface area contributed by atoms with Crippen molar-refractivity contribution in [1.29, 1.82) is 0 Å². The first-order valence-corrected chi connectivity index (χ1v) is 9.42. The fraction of sp³-hybridized carbons (Fsp3) is 0.364. The summed E-state index contributed by atoms with van der Waals surface area (Å²) in [6.07, 6.45) is 10.6. The van der Waals surface area contributed by atoms with E-state index in [4.69, 9.17) is 0 Å². The molecule has 0 radical (unpaired) electrons. The number of nitrogens with zero attached hydrogens (tertiary/aromatic N) is 1. The molecular formula is C22H27N3O. The minimum Gasteiger partial charge on any atom is -0.370 e. The van der Waals surface area contributed by atoms with Crippen molar-refractivity contribution < 1.29 is 4.79 Å². The molecule has 1 aliphatic rings. The molecule has 136 valence electrons. The largest absolute Gasteiger partial charge is 0.370 e. The Kier molecular flexibility index (Phi) is 6.42. The summed E-state index contributed by atoms with van der Waals surface area (Å²) in [5, 5.41) is 6.25. The Hall–Kier alpha value is -2.62. The second-order valence-electron chi connectivity index (χ2n) is 6.93. The van der Waals surface area contributed by atoms with Crippen molar-refractivity contribution in [2.45, 2.75) is 45.4 Å². The number of anilines is 2. The molecule has 3 rings (SSSR count). The van der Waals surface area contributed by atoms with Crippen LogP contribution >= 0.6 is 0 Å². The number of hydrogen-bond donors (Lipinski definition) is 2. The van der Waals surface area contributed by atoms with Gasteiger partial charge in [-0.1, -0.05) is 41.5 Å². The fourth-order valence-electron chi connectivity index (χ4n) is 3.15. The molecule has 1 aromatic heterocycles. The molecule has 0 aliphatic heterocycles. The van der Waals surface area contributed by atoms with E-state index in [1.54, 1.807) is 11.8 Å². The molecule has 1 aromatic carbocycles. The number of aromatic nitrogens is 1. The van der Waals surface area contributed by atoms with Crippen LogP contribution in [0.2, 0.25) is 0 Å². The van der Waals surface area contributed by atoms with E-state index in [-0.39, 0.29) is 5.91 Å². The molecule has 2 N–H and O–H groups in total. The normalized spacial score (nSPS) is 13.8. The van der Waals surface area contributed by atoms with Crippen molar-refractivity contribution in [3.63, 3.8) is 0 Å². The fourth-order valence-corrected chi connectivity index (χ4v) is 3.15. The van der Waals surface area contributed by atoms with Gasteiger partial charge in [-0.15, -0.1) is 0 Å². The number of pyridine rings is 1. The van der Waals surface area contributed by atoms with Gasteiger partial charge in [-0.3, -0.25) is 4.79 Å². The van der Waals surface area contributed by atoms with Crippen molar-refractivity contribution in [2.75, 3.05) is 17.2 Å². The number of amides is 1. The van der Waals surface area contributed by atoms with Crippen LogP contribution in [0.4, 0.5) is 11.5 Å². The Balaban J connectivity index is 1.44. The summed E-state index contributed by atoms with van der Waals surface area (Å²) in [5.74, 6) is 0.818. The lowest BCUT2D eigenvalue weighted by Gasteiger charge is -2.13. The van der Waals surface area contributed by atoms with Crippen LogP contribution in [0.3, 0.4) is 0 Å². The number of carbonyl (C=O) groups excluding carboxylic acids is 1. The summed E-state index contributed by atoms with van der Waals surface area (Å²) in [7, 11) is 0. The zero-order chi connectivity index (χ0) is 18.2. The molecule has 0 bridgehead atoms. The number of allylic oxidation sites excluding steroid dienone is 1. The average Bonchev–Trinajstić information content (AvgIpc) is 2.66. The monoisotopic (exact) mass is 349 g/mol. The molecule has 0 spiro atoms. The summed E-state index contributed by atoms with van der Waals surface area (Å²) in [4.78, 5) is 16.5. The molecule has 1 aliphatic carbocycles. The van der Waals surface area contributed by atoms with Crippen molar-refractivity contribution in [2.24, 2.45) is 0 Å². The Morgan fingerprint density at radius 2 is 1.96 bits per heavy atom. The molecule has 4 heteroatoms. The van der Waals surface area contributed by atoms with Crippen molar-refractivity contribution in [1.82, 2.24) is 4.98 Å². The van der Waals surface area contributed by atoms with E-state index in [0.29, 0.717) is 6.42 Å². The molecule has 4 nitrogen and oxygen atoms in total. The van der Waals surface area contributed by atoms with Gasteiger partial charge in [-0.2, -0.15) is 0 Å². The Labute approximate surface area is 155 Å². The van der Waals surface area contributed by atoms with Crippen LogP contribution in [0.1, 0.15) is 43.2 Å². The molecule has 26 heavy (non-hydrogen) atoms. The van der Waals surface area contributed by atoms with Gasteiger partial charge in [0.05, 0.1) is 18.3 Å². The van der Waals surface area contributed by atoms with Crippen LogP contribution < -0.4 is 10.6 Å². The van der Waals surface area contributed by atoms with E-state index >= 15 is 0 Å². The lowest BCUT2D eigenvalue weighted by atomic mass is 9.97. The van der Waals surface area contributed by atoms with Gasteiger partial charge in [0.1, 0.15) is 5.82 Å². The van der Waals surface area contributed by atoms with Crippen LogP contribution in [-0.4, -0.2) is 17.4 Å². The van der Waals surface area contributed by atoms with Crippen LogP contribution in [0.15, 0.2) is 54.2 Å². The van der Waals surface area contributed by atoms with E-state index in [1.165, 1.54) is 31.2 Å². The molecule has 0 saturated heterocycles. The van der Waals surface area contributed by atoms with Crippen molar-refractivity contribution >= 4 is 17.4 Å². The minimum atomic E-state index is -0.0272. The number of benzene rings is 1. The highest BCUT2D eigenvalue weighted by Gasteiger charge is 2.06. The second kappa shape index (κ2) is 9.18. The van der Waals surface area contributed by atoms with E-state index in [1.807, 2.05) is 43.3 Å². The van der Waals surface area contributed by atoms with Gasteiger partial charge in [0.15, 0.2) is 0 Å². The molecule has 1 amide bonds. The second-order valence-corrected chi connectivity index (χ2v) is 6.93. The zero-order valence-electron chi connectivity index (χ0n) is 15.4. The third kappa shape index (κ3) is 5.73. The standard InChI is InChI=1S/C22H27N3O/c1-17-7-9-19(10-8-17)15-22(26)25-20-11-12-21(24-16-20)23-14-13-18-5-3-2-4-6-18/h5,7-12,16H,2-4,6,13-15H2,1H3,(H,23,24)(H,25,26). The predicted octanol–water partition coefficient (Wildman–Crippen LogP) is 4.87. The number of carbonyl (C=O) groups is 1. The third-order valence-corrected chi connectivity index (χ3v) is 4.67. The maximum absolute atomic E-state index is 12.1. The minimum absolute atomic E-state index is 0.0272. The lowest BCUT2D eigenvalue weighted by Crippen LogP contribution is -2.14. The Bertz CT molecular complexity index is 748. The summed E-state index contributed by atoms with van der Waals surface area (Å²) in [6.45, 7) is 2.94. The zero-order valence-corrected chi connectivity index (χ0v) is 15.4. The van der Waals surface area contributed by atoms with Crippen molar-refractivity contribution in [3.8, 4) is 0 Å². The molecule has 0 saturated carbocycles. The summed E-state index contributed by atoms with van der Waals surface area (Å²) < 4.78 is 0. The van der Waals surface area contributed by atoms with E-state index in [0.717, 1.165) is 30.0 Å². The van der Waals surface area contributed by atoms with Gasteiger partial charge < -0.3 is 10.6 Å². The average molecular weight is 349 g/mol. The van der Waals surface area contributed by atoms with Gasteiger partial charge in [0.25, 0.3) is 0 Å². The summed E-state index contributed by atoms with van der Waals surface area (Å²) >= 11 is 0. The summed E-state index contributed by atoms with van der Waals surface area (Å²) in [6, 6.07) is 11.8. The molecule has 1 heterocycles. The Morgan fingerprint density at radius 1 is 1.12 bits per heavy atom. The van der Waals surface area contributed by atoms with Gasteiger partial charge in [-0.25, -0.2) is 4.98 Å². The van der Waals surface area contributed by atoms with E-state index in [9.17, 15) is 4.79 Å². The SMILES string of the molecule is Cc1ccc(CC(=O)Nc2ccc(NCCC3=CCCCC3)nc2)cc1. The third-order valence-electron chi connectivity index (χ3n) is 4.67.